The second-order valence-corrected chi connectivity index (χ2v) is 7.32. The standard InChI is InChI=1S/C12H16N2O4S/c1-19(15,16)11-10(12(11,14)5-13)7-2-3-8-9(4-7)18-6-17-8/h2-4,10-11H,5-6,13-14H2,1H3/t10-,11-,12-/m1/s1. The molecule has 0 radical (unpaired) electrons. The minimum atomic E-state index is -3.24. The second-order valence-electron chi connectivity index (χ2n) is 5.16. The molecule has 1 aliphatic heterocycles. The highest BCUT2D eigenvalue weighted by atomic mass is 32.2. The zero-order valence-corrected chi connectivity index (χ0v) is 11.3. The summed E-state index contributed by atoms with van der Waals surface area (Å²) < 4.78 is 34.1. The van der Waals surface area contributed by atoms with Crippen molar-refractivity contribution in [1.82, 2.24) is 0 Å². The second kappa shape index (κ2) is 3.84. The van der Waals surface area contributed by atoms with Crippen LogP contribution in [-0.2, 0) is 9.84 Å². The summed E-state index contributed by atoms with van der Waals surface area (Å²) in [4.78, 5) is 0. The maximum absolute atomic E-state index is 11.8. The fraction of sp³-hybridized carbons (Fsp3) is 0.500. The van der Waals surface area contributed by atoms with E-state index in [4.69, 9.17) is 20.9 Å². The molecular weight excluding hydrogens is 268 g/mol. The molecule has 1 aliphatic carbocycles. The van der Waals surface area contributed by atoms with Crippen LogP contribution in [-0.4, -0.2) is 38.8 Å². The van der Waals surface area contributed by atoms with Gasteiger partial charge < -0.3 is 20.9 Å². The first-order valence-electron chi connectivity index (χ1n) is 5.95. The van der Waals surface area contributed by atoms with Gasteiger partial charge in [0.1, 0.15) is 0 Å². The van der Waals surface area contributed by atoms with Crippen LogP contribution in [0.15, 0.2) is 18.2 Å². The van der Waals surface area contributed by atoms with Crippen molar-refractivity contribution in [2.24, 2.45) is 11.5 Å². The minimum absolute atomic E-state index is 0.129. The Hall–Kier alpha value is -1.31. The molecule has 0 amide bonds. The van der Waals surface area contributed by atoms with Gasteiger partial charge in [-0.25, -0.2) is 8.42 Å². The predicted octanol–water partition coefficient (Wildman–Crippen LogP) is -0.418. The van der Waals surface area contributed by atoms with E-state index in [1.165, 1.54) is 6.26 Å². The molecule has 19 heavy (non-hydrogen) atoms. The molecule has 1 aromatic carbocycles. The normalized spacial score (nSPS) is 32.4. The lowest BCUT2D eigenvalue weighted by Gasteiger charge is -2.08. The minimum Gasteiger partial charge on any atom is -0.454 e. The van der Waals surface area contributed by atoms with Crippen molar-refractivity contribution < 1.29 is 17.9 Å². The van der Waals surface area contributed by atoms with Crippen molar-refractivity contribution in [1.29, 1.82) is 0 Å². The lowest BCUT2D eigenvalue weighted by molar-refractivity contribution is 0.174. The summed E-state index contributed by atoms with van der Waals surface area (Å²) in [5.74, 6) is 0.994. The summed E-state index contributed by atoms with van der Waals surface area (Å²) in [5.41, 5.74) is 11.7. The lowest BCUT2D eigenvalue weighted by atomic mass is 10.1. The fourth-order valence-corrected chi connectivity index (χ4v) is 4.77. The maximum atomic E-state index is 11.8. The highest BCUT2D eigenvalue weighted by Gasteiger charge is 2.67. The van der Waals surface area contributed by atoms with Gasteiger partial charge in [-0.1, -0.05) is 6.07 Å². The topological polar surface area (TPSA) is 105 Å². The van der Waals surface area contributed by atoms with E-state index in [0.29, 0.717) is 11.5 Å². The lowest BCUT2D eigenvalue weighted by Crippen LogP contribution is -2.38. The van der Waals surface area contributed by atoms with Crippen molar-refractivity contribution in [2.75, 3.05) is 19.6 Å². The molecule has 1 fully saturated rings. The van der Waals surface area contributed by atoms with Gasteiger partial charge in [-0.05, 0) is 17.7 Å². The molecule has 104 valence electrons. The van der Waals surface area contributed by atoms with E-state index in [1.807, 2.05) is 6.07 Å². The van der Waals surface area contributed by atoms with Gasteiger partial charge in [0.2, 0.25) is 6.79 Å². The van der Waals surface area contributed by atoms with Crippen LogP contribution in [0.4, 0.5) is 0 Å². The Balaban J connectivity index is 1.99. The van der Waals surface area contributed by atoms with Gasteiger partial charge in [-0.2, -0.15) is 0 Å². The monoisotopic (exact) mass is 284 g/mol. The van der Waals surface area contributed by atoms with E-state index >= 15 is 0 Å². The Labute approximate surface area is 111 Å². The first-order valence-corrected chi connectivity index (χ1v) is 7.91. The van der Waals surface area contributed by atoms with E-state index in [1.54, 1.807) is 12.1 Å². The van der Waals surface area contributed by atoms with Gasteiger partial charge in [0, 0.05) is 18.7 Å². The molecule has 0 aromatic heterocycles. The van der Waals surface area contributed by atoms with Crippen LogP contribution in [0.3, 0.4) is 0 Å². The van der Waals surface area contributed by atoms with Crippen LogP contribution in [0.2, 0.25) is 0 Å². The molecule has 6 nitrogen and oxygen atoms in total. The van der Waals surface area contributed by atoms with Crippen LogP contribution < -0.4 is 20.9 Å². The molecule has 3 atom stereocenters. The zero-order chi connectivity index (χ0) is 13.8. The highest BCUT2D eigenvalue weighted by Crippen LogP contribution is 2.54. The highest BCUT2D eigenvalue weighted by molar-refractivity contribution is 7.91. The fourth-order valence-electron chi connectivity index (χ4n) is 2.90. The Kier molecular flexibility index (Phi) is 2.57. The van der Waals surface area contributed by atoms with E-state index in [0.717, 1.165) is 5.56 Å². The summed E-state index contributed by atoms with van der Waals surface area (Å²) in [6.45, 7) is 0.313. The van der Waals surface area contributed by atoms with Crippen molar-refractivity contribution in [2.45, 2.75) is 16.7 Å². The molecule has 0 spiro atoms. The molecule has 1 heterocycles. The Bertz CT molecular complexity index is 631. The van der Waals surface area contributed by atoms with Crippen molar-refractivity contribution >= 4 is 9.84 Å². The third-order valence-electron chi connectivity index (χ3n) is 3.87. The molecule has 0 bridgehead atoms. The van der Waals surface area contributed by atoms with Gasteiger partial charge in [-0.3, -0.25) is 0 Å². The van der Waals surface area contributed by atoms with Crippen molar-refractivity contribution in [3.8, 4) is 11.5 Å². The molecule has 1 saturated carbocycles. The number of rotatable bonds is 3. The average molecular weight is 284 g/mol. The molecule has 0 saturated heterocycles. The van der Waals surface area contributed by atoms with Crippen LogP contribution in [0.5, 0.6) is 11.5 Å². The number of hydrogen-bond donors (Lipinski definition) is 2. The molecule has 1 aromatic rings. The predicted molar refractivity (Wildman–Crippen MR) is 69.9 cm³/mol. The van der Waals surface area contributed by atoms with Crippen LogP contribution in [0, 0.1) is 0 Å². The molecule has 0 unspecified atom stereocenters. The summed E-state index contributed by atoms with van der Waals surface area (Å²) in [6, 6.07) is 5.38. The average Bonchev–Trinajstić information content (AvgIpc) is 2.77. The van der Waals surface area contributed by atoms with Crippen LogP contribution in [0.25, 0.3) is 0 Å². The molecular formula is C12H16N2O4S. The van der Waals surface area contributed by atoms with E-state index in [2.05, 4.69) is 0 Å². The number of hydrogen-bond acceptors (Lipinski definition) is 6. The van der Waals surface area contributed by atoms with Crippen molar-refractivity contribution in [3.05, 3.63) is 23.8 Å². The van der Waals surface area contributed by atoms with Crippen LogP contribution >= 0.6 is 0 Å². The Morgan fingerprint density at radius 2 is 2.05 bits per heavy atom. The van der Waals surface area contributed by atoms with Gasteiger partial charge in [0.05, 0.1) is 10.8 Å². The first-order chi connectivity index (χ1) is 8.88. The largest absolute Gasteiger partial charge is 0.454 e. The number of nitrogens with two attached hydrogens (primary N) is 2. The zero-order valence-electron chi connectivity index (χ0n) is 10.5. The van der Waals surface area contributed by atoms with E-state index < -0.39 is 20.6 Å². The van der Waals surface area contributed by atoms with E-state index in [9.17, 15) is 8.42 Å². The molecule has 3 rings (SSSR count). The smallest absolute Gasteiger partial charge is 0.231 e. The molecule has 4 N–H and O–H groups in total. The Morgan fingerprint density at radius 1 is 1.37 bits per heavy atom. The molecule has 7 heteroatoms. The van der Waals surface area contributed by atoms with Crippen LogP contribution in [0.1, 0.15) is 11.5 Å². The summed E-state index contributed by atoms with van der Waals surface area (Å²) >= 11 is 0. The number of fused-ring (bicyclic) bond motifs is 1. The van der Waals surface area contributed by atoms with E-state index in [-0.39, 0.29) is 19.3 Å². The van der Waals surface area contributed by atoms with Crippen molar-refractivity contribution in [3.63, 3.8) is 0 Å². The summed E-state index contributed by atoms with van der Waals surface area (Å²) in [6.07, 6.45) is 1.20. The molecule has 2 aliphatic rings. The summed E-state index contributed by atoms with van der Waals surface area (Å²) in [5, 5.41) is -0.634. The first kappa shape index (κ1) is 12.7. The number of benzene rings is 1. The van der Waals surface area contributed by atoms with Gasteiger partial charge in [0.15, 0.2) is 21.3 Å². The number of ether oxygens (including phenoxy) is 2. The Morgan fingerprint density at radius 3 is 2.63 bits per heavy atom. The maximum Gasteiger partial charge on any atom is 0.231 e. The third kappa shape index (κ3) is 1.80. The number of sulfone groups is 1. The van der Waals surface area contributed by atoms with Gasteiger partial charge in [0.25, 0.3) is 0 Å². The third-order valence-corrected chi connectivity index (χ3v) is 5.51. The van der Waals surface area contributed by atoms with Gasteiger partial charge >= 0.3 is 0 Å². The SMILES string of the molecule is CS(=O)(=O)[C@@H]1[C@@H](c2ccc3c(c2)OCO3)[C@]1(N)CN. The quantitative estimate of drug-likeness (QED) is 0.781. The van der Waals surface area contributed by atoms with Gasteiger partial charge in [-0.15, -0.1) is 0 Å². The summed E-state index contributed by atoms with van der Waals surface area (Å²) in [7, 11) is -3.24.